The van der Waals surface area contributed by atoms with E-state index in [2.05, 4.69) is 25.9 Å². The maximum absolute atomic E-state index is 13.8. The SMILES string of the molecule is NCCCNCc1ccc(-c2c[nH]c(NCC(=O)NC3CN(Cc4cc(F)c(F)cc4F)C3)nc2=O)cc1. The second-order valence-electron chi connectivity index (χ2n) is 9.15. The van der Waals surface area contributed by atoms with Gasteiger partial charge < -0.3 is 26.7 Å². The summed E-state index contributed by atoms with van der Waals surface area (Å²) in [5.74, 6) is -3.28. The maximum atomic E-state index is 13.8. The number of benzene rings is 2. The molecule has 2 heterocycles. The molecule has 1 amide bonds. The van der Waals surface area contributed by atoms with Gasteiger partial charge in [-0.1, -0.05) is 24.3 Å². The Kier molecular flexibility index (Phi) is 9.10. The number of amides is 1. The van der Waals surface area contributed by atoms with Crippen LogP contribution in [0.1, 0.15) is 17.5 Å². The molecule has 3 aromatic rings. The van der Waals surface area contributed by atoms with Crippen LogP contribution < -0.4 is 27.2 Å². The number of carbonyl (C=O) groups excluding carboxylic acids is 1. The summed E-state index contributed by atoms with van der Waals surface area (Å²) in [5.41, 5.74) is 7.34. The molecular weight excluding hydrogens is 499 g/mol. The zero-order chi connectivity index (χ0) is 27.1. The van der Waals surface area contributed by atoms with E-state index in [1.807, 2.05) is 24.3 Å². The number of carbonyl (C=O) groups is 1. The van der Waals surface area contributed by atoms with Crippen LogP contribution in [0, 0.1) is 17.5 Å². The van der Waals surface area contributed by atoms with Crippen LogP contribution in [0.15, 0.2) is 47.4 Å². The van der Waals surface area contributed by atoms with Crippen LogP contribution in [0.5, 0.6) is 0 Å². The number of aromatic nitrogens is 2. The molecule has 0 atom stereocenters. The average molecular weight is 530 g/mol. The van der Waals surface area contributed by atoms with Crippen LogP contribution in [0.25, 0.3) is 11.1 Å². The van der Waals surface area contributed by atoms with Crippen LogP contribution in [-0.2, 0) is 17.9 Å². The Morgan fingerprint density at radius 2 is 1.84 bits per heavy atom. The second kappa shape index (κ2) is 12.7. The van der Waals surface area contributed by atoms with E-state index in [4.69, 9.17) is 5.73 Å². The zero-order valence-electron chi connectivity index (χ0n) is 20.7. The Hall–Kier alpha value is -3.74. The molecule has 38 heavy (non-hydrogen) atoms. The first-order valence-corrected chi connectivity index (χ1v) is 12.3. The fraction of sp³-hybridized carbons (Fsp3) is 0.346. The van der Waals surface area contributed by atoms with Gasteiger partial charge in [-0.25, -0.2) is 13.2 Å². The molecule has 1 aliphatic heterocycles. The highest BCUT2D eigenvalue weighted by Gasteiger charge is 2.28. The Bertz CT molecular complexity index is 1310. The van der Waals surface area contributed by atoms with Gasteiger partial charge >= 0.3 is 0 Å². The summed E-state index contributed by atoms with van der Waals surface area (Å²) in [6.45, 7) is 3.08. The maximum Gasteiger partial charge on any atom is 0.282 e. The highest BCUT2D eigenvalue weighted by Crippen LogP contribution is 2.19. The van der Waals surface area contributed by atoms with Gasteiger partial charge in [-0.3, -0.25) is 14.5 Å². The first-order chi connectivity index (χ1) is 18.3. The number of likely N-dealkylation sites (tertiary alicyclic amines) is 1. The Morgan fingerprint density at radius 3 is 2.55 bits per heavy atom. The van der Waals surface area contributed by atoms with Gasteiger partial charge in [0.1, 0.15) is 5.82 Å². The van der Waals surface area contributed by atoms with E-state index in [0.717, 1.165) is 30.2 Å². The topological polar surface area (TPSA) is 128 Å². The lowest BCUT2D eigenvalue weighted by atomic mass is 10.1. The minimum atomic E-state index is -1.23. The minimum absolute atomic E-state index is 0.0556. The molecule has 4 rings (SSSR count). The molecule has 1 aromatic heterocycles. The molecule has 202 valence electrons. The molecule has 0 bridgehead atoms. The van der Waals surface area contributed by atoms with Gasteiger partial charge in [0.2, 0.25) is 11.9 Å². The second-order valence-corrected chi connectivity index (χ2v) is 9.15. The molecular formula is C26H30F3N7O2. The Balaban J connectivity index is 1.21. The molecule has 9 nitrogen and oxygen atoms in total. The summed E-state index contributed by atoms with van der Waals surface area (Å²) in [4.78, 5) is 33.5. The van der Waals surface area contributed by atoms with Gasteiger partial charge in [-0.05, 0) is 36.7 Å². The number of anilines is 1. The summed E-state index contributed by atoms with van der Waals surface area (Å²) in [5, 5.41) is 8.91. The van der Waals surface area contributed by atoms with Gasteiger partial charge in [-0.2, -0.15) is 4.98 Å². The van der Waals surface area contributed by atoms with E-state index < -0.39 is 23.0 Å². The van der Waals surface area contributed by atoms with Crippen molar-refractivity contribution in [2.75, 3.05) is 38.0 Å². The van der Waals surface area contributed by atoms with Crippen LogP contribution in [0.2, 0.25) is 0 Å². The first-order valence-electron chi connectivity index (χ1n) is 12.3. The van der Waals surface area contributed by atoms with Crippen molar-refractivity contribution in [3.63, 3.8) is 0 Å². The molecule has 0 aliphatic carbocycles. The number of H-pyrrole nitrogens is 1. The third-order valence-electron chi connectivity index (χ3n) is 6.17. The van der Waals surface area contributed by atoms with Gasteiger partial charge in [0.25, 0.3) is 5.56 Å². The number of nitrogens with two attached hydrogens (primary N) is 1. The smallest absolute Gasteiger partial charge is 0.282 e. The van der Waals surface area contributed by atoms with Crippen molar-refractivity contribution >= 4 is 11.9 Å². The predicted molar refractivity (Wildman–Crippen MR) is 138 cm³/mol. The van der Waals surface area contributed by atoms with E-state index >= 15 is 0 Å². The van der Waals surface area contributed by atoms with E-state index in [-0.39, 0.29) is 36.6 Å². The molecule has 0 spiro atoms. The van der Waals surface area contributed by atoms with E-state index in [0.29, 0.717) is 37.8 Å². The van der Waals surface area contributed by atoms with Crippen LogP contribution >= 0.6 is 0 Å². The summed E-state index contributed by atoms with van der Waals surface area (Å²) in [7, 11) is 0. The standard InChI is InChI=1S/C26H30F3N7O2/c27-21-9-23(29)22(28)8-18(21)13-36-14-19(15-36)34-24(37)12-33-26-32-11-20(25(38)35-26)17-4-2-16(3-5-17)10-31-7-1-6-30/h2-5,8-9,11,19,31H,1,6-7,10,12-15,30H2,(H,34,37)(H2,32,33,35,38). The van der Waals surface area contributed by atoms with Crippen LogP contribution in [0.4, 0.5) is 19.1 Å². The Labute approximate surface area is 217 Å². The highest BCUT2D eigenvalue weighted by atomic mass is 19.2. The number of halogens is 3. The van der Waals surface area contributed by atoms with Gasteiger partial charge in [0, 0.05) is 44.0 Å². The third kappa shape index (κ3) is 7.18. The number of rotatable bonds is 12. The van der Waals surface area contributed by atoms with Crippen molar-refractivity contribution in [2.24, 2.45) is 5.73 Å². The molecule has 1 saturated heterocycles. The normalized spacial score (nSPS) is 13.8. The largest absolute Gasteiger partial charge is 0.349 e. The summed E-state index contributed by atoms with van der Waals surface area (Å²) < 4.78 is 40.2. The van der Waals surface area contributed by atoms with Crippen molar-refractivity contribution in [3.8, 4) is 11.1 Å². The first kappa shape index (κ1) is 27.3. The molecule has 1 fully saturated rings. The number of nitrogens with zero attached hydrogens (tertiary/aromatic N) is 2. The summed E-state index contributed by atoms with van der Waals surface area (Å²) in [6.07, 6.45) is 2.45. The number of hydrogen-bond donors (Lipinski definition) is 5. The van der Waals surface area contributed by atoms with E-state index in [1.54, 1.807) is 11.1 Å². The fourth-order valence-corrected chi connectivity index (χ4v) is 4.11. The van der Waals surface area contributed by atoms with E-state index in [1.165, 1.54) is 0 Å². The van der Waals surface area contributed by atoms with Crippen molar-refractivity contribution in [3.05, 3.63) is 81.5 Å². The van der Waals surface area contributed by atoms with E-state index in [9.17, 15) is 22.8 Å². The average Bonchev–Trinajstić information content (AvgIpc) is 2.87. The van der Waals surface area contributed by atoms with Gasteiger partial charge in [0.05, 0.1) is 18.2 Å². The number of aromatic amines is 1. The summed E-state index contributed by atoms with van der Waals surface area (Å²) in [6, 6.07) is 8.81. The molecule has 2 aromatic carbocycles. The molecule has 0 saturated carbocycles. The Morgan fingerprint density at radius 1 is 1.11 bits per heavy atom. The fourth-order valence-electron chi connectivity index (χ4n) is 4.11. The molecule has 1 aliphatic rings. The van der Waals surface area contributed by atoms with Crippen molar-refractivity contribution < 1.29 is 18.0 Å². The molecule has 0 radical (unpaired) electrons. The predicted octanol–water partition coefficient (Wildman–Crippen LogP) is 1.71. The van der Waals surface area contributed by atoms with Gasteiger partial charge in [-0.15, -0.1) is 0 Å². The lowest BCUT2D eigenvalue weighted by Gasteiger charge is -2.39. The quantitative estimate of drug-likeness (QED) is 0.179. The van der Waals surface area contributed by atoms with Crippen LogP contribution in [-0.4, -0.2) is 59.5 Å². The lowest BCUT2D eigenvalue weighted by molar-refractivity contribution is -0.121. The summed E-state index contributed by atoms with van der Waals surface area (Å²) >= 11 is 0. The van der Waals surface area contributed by atoms with Gasteiger partial charge in [0.15, 0.2) is 11.6 Å². The molecule has 0 unspecified atom stereocenters. The van der Waals surface area contributed by atoms with Crippen molar-refractivity contribution in [1.29, 1.82) is 0 Å². The zero-order valence-corrected chi connectivity index (χ0v) is 20.7. The third-order valence-corrected chi connectivity index (χ3v) is 6.17. The number of nitrogens with one attached hydrogen (secondary N) is 4. The van der Waals surface area contributed by atoms with Crippen molar-refractivity contribution in [2.45, 2.75) is 25.6 Å². The monoisotopic (exact) mass is 529 g/mol. The molecule has 6 N–H and O–H groups in total. The highest BCUT2D eigenvalue weighted by molar-refractivity contribution is 5.80. The number of hydrogen-bond acceptors (Lipinski definition) is 7. The van der Waals surface area contributed by atoms with Crippen LogP contribution in [0.3, 0.4) is 0 Å². The van der Waals surface area contributed by atoms with Crippen molar-refractivity contribution in [1.82, 2.24) is 25.5 Å². The molecule has 12 heteroatoms. The lowest BCUT2D eigenvalue weighted by Crippen LogP contribution is -2.59. The minimum Gasteiger partial charge on any atom is -0.349 e.